The molecule has 0 radical (unpaired) electrons. The molecule has 0 aliphatic heterocycles. The Morgan fingerprint density at radius 3 is 2.32 bits per heavy atom. The molecule has 1 saturated carbocycles. The van der Waals surface area contributed by atoms with Gasteiger partial charge in [-0.3, -0.25) is 0 Å². The largest absolute Gasteiger partial charge is 0.489 e. The molecule has 1 aliphatic rings. The Balaban J connectivity index is 2.03. The molecule has 1 fully saturated rings. The Kier molecular flexibility index (Phi) is 4.19. The zero-order valence-electron chi connectivity index (χ0n) is 12.6. The summed E-state index contributed by atoms with van der Waals surface area (Å²) in [6.45, 7) is 9.04. The SMILES string of the molecule is Cc1ccc(OC2CC(C(C)(C)C)CCC2N)cc1. The van der Waals surface area contributed by atoms with Crippen LogP contribution in [0.4, 0.5) is 0 Å². The quantitative estimate of drug-likeness (QED) is 0.876. The van der Waals surface area contributed by atoms with Gasteiger partial charge in [0.2, 0.25) is 0 Å². The van der Waals surface area contributed by atoms with E-state index in [4.69, 9.17) is 10.5 Å². The van der Waals surface area contributed by atoms with E-state index in [2.05, 4.69) is 39.8 Å². The van der Waals surface area contributed by atoms with Gasteiger partial charge < -0.3 is 10.5 Å². The highest BCUT2D eigenvalue weighted by molar-refractivity contribution is 5.26. The first-order valence-electron chi connectivity index (χ1n) is 7.35. The van der Waals surface area contributed by atoms with Gasteiger partial charge in [-0.05, 0) is 49.7 Å². The molecule has 106 valence electrons. The van der Waals surface area contributed by atoms with E-state index in [0.717, 1.165) is 18.6 Å². The Bertz CT molecular complexity index is 404. The molecule has 1 aromatic carbocycles. The second-order valence-electron chi connectivity index (χ2n) is 7.01. The summed E-state index contributed by atoms with van der Waals surface area (Å²) >= 11 is 0. The fourth-order valence-electron chi connectivity index (χ4n) is 2.87. The first-order chi connectivity index (χ1) is 8.86. The zero-order valence-corrected chi connectivity index (χ0v) is 12.6. The monoisotopic (exact) mass is 261 g/mol. The lowest BCUT2D eigenvalue weighted by Gasteiger charge is -2.40. The van der Waals surface area contributed by atoms with Crippen molar-refractivity contribution < 1.29 is 4.74 Å². The van der Waals surface area contributed by atoms with E-state index in [-0.39, 0.29) is 12.1 Å². The highest BCUT2D eigenvalue weighted by atomic mass is 16.5. The third kappa shape index (κ3) is 3.73. The van der Waals surface area contributed by atoms with Crippen LogP contribution in [-0.2, 0) is 0 Å². The molecular weight excluding hydrogens is 234 g/mol. The van der Waals surface area contributed by atoms with Crippen molar-refractivity contribution in [2.45, 2.75) is 59.1 Å². The molecule has 3 unspecified atom stereocenters. The van der Waals surface area contributed by atoms with E-state index in [1.54, 1.807) is 0 Å². The lowest BCUT2D eigenvalue weighted by atomic mass is 9.70. The minimum atomic E-state index is 0.153. The number of nitrogens with two attached hydrogens (primary N) is 1. The smallest absolute Gasteiger partial charge is 0.119 e. The second-order valence-corrected chi connectivity index (χ2v) is 7.01. The van der Waals surface area contributed by atoms with Crippen LogP contribution in [0.25, 0.3) is 0 Å². The molecule has 2 N–H and O–H groups in total. The molecule has 2 rings (SSSR count). The van der Waals surface area contributed by atoms with E-state index in [9.17, 15) is 0 Å². The van der Waals surface area contributed by atoms with Crippen LogP contribution in [-0.4, -0.2) is 12.1 Å². The first kappa shape index (κ1) is 14.4. The molecular formula is C17H27NO. The lowest BCUT2D eigenvalue weighted by Crippen LogP contribution is -2.46. The molecule has 0 bridgehead atoms. The molecule has 0 saturated heterocycles. The third-order valence-electron chi connectivity index (χ3n) is 4.38. The van der Waals surface area contributed by atoms with Gasteiger partial charge in [-0.25, -0.2) is 0 Å². The van der Waals surface area contributed by atoms with Crippen LogP contribution in [0, 0.1) is 18.3 Å². The normalized spacial score (nSPS) is 28.2. The van der Waals surface area contributed by atoms with Gasteiger partial charge in [-0.15, -0.1) is 0 Å². The third-order valence-corrected chi connectivity index (χ3v) is 4.38. The highest BCUT2D eigenvalue weighted by Crippen LogP contribution is 2.38. The number of hydrogen-bond acceptors (Lipinski definition) is 2. The van der Waals surface area contributed by atoms with Gasteiger partial charge in [0.15, 0.2) is 0 Å². The van der Waals surface area contributed by atoms with Gasteiger partial charge in [0, 0.05) is 6.04 Å². The van der Waals surface area contributed by atoms with Gasteiger partial charge in [0.05, 0.1) is 0 Å². The summed E-state index contributed by atoms with van der Waals surface area (Å²) in [5.74, 6) is 1.64. The Morgan fingerprint density at radius 2 is 1.74 bits per heavy atom. The summed E-state index contributed by atoms with van der Waals surface area (Å²) < 4.78 is 6.12. The standard InChI is InChI=1S/C17H27NO/c1-12-5-8-14(9-6-12)19-16-11-13(17(2,3)4)7-10-15(16)18/h5-6,8-9,13,15-16H,7,10-11,18H2,1-4H3. The summed E-state index contributed by atoms with van der Waals surface area (Å²) in [6, 6.07) is 8.43. The van der Waals surface area contributed by atoms with Gasteiger partial charge in [0.25, 0.3) is 0 Å². The molecule has 0 heterocycles. The van der Waals surface area contributed by atoms with Crippen molar-refractivity contribution in [1.29, 1.82) is 0 Å². The maximum Gasteiger partial charge on any atom is 0.119 e. The molecule has 19 heavy (non-hydrogen) atoms. The van der Waals surface area contributed by atoms with Crippen LogP contribution in [0.2, 0.25) is 0 Å². The van der Waals surface area contributed by atoms with E-state index in [1.165, 1.54) is 12.0 Å². The fourth-order valence-corrected chi connectivity index (χ4v) is 2.87. The van der Waals surface area contributed by atoms with Gasteiger partial charge in [-0.2, -0.15) is 0 Å². The molecule has 1 aliphatic carbocycles. The Morgan fingerprint density at radius 1 is 1.11 bits per heavy atom. The summed E-state index contributed by atoms with van der Waals surface area (Å²) in [4.78, 5) is 0. The van der Waals surface area contributed by atoms with Crippen molar-refractivity contribution in [3.8, 4) is 5.75 Å². The maximum atomic E-state index is 6.24. The number of aryl methyl sites for hydroxylation is 1. The highest BCUT2D eigenvalue weighted by Gasteiger charge is 2.35. The molecule has 1 aromatic rings. The number of benzene rings is 1. The topological polar surface area (TPSA) is 35.2 Å². The maximum absolute atomic E-state index is 6.24. The minimum absolute atomic E-state index is 0.153. The number of hydrogen-bond donors (Lipinski definition) is 1. The van der Waals surface area contributed by atoms with Crippen LogP contribution < -0.4 is 10.5 Å². The summed E-state index contributed by atoms with van der Waals surface area (Å²) in [6.07, 6.45) is 3.51. The zero-order chi connectivity index (χ0) is 14.0. The predicted octanol–water partition coefficient (Wildman–Crippen LogP) is 3.92. The molecule has 2 heteroatoms. The lowest BCUT2D eigenvalue weighted by molar-refractivity contribution is 0.0592. The van der Waals surface area contributed by atoms with Gasteiger partial charge >= 0.3 is 0 Å². The van der Waals surface area contributed by atoms with Crippen LogP contribution in [0.1, 0.15) is 45.6 Å². The molecule has 2 nitrogen and oxygen atoms in total. The minimum Gasteiger partial charge on any atom is -0.489 e. The predicted molar refractivity (Wildman–Crippen MR) is 80.4 cm³/mol. The molecule has 0 amide bonds. The molecule has 0 spiro atoms. The van der Waals surface area contributed by atoms with E-state index >= 15 is 0 Å². The summed E-state index contributed by atoms with van der Waals surface area (Å²) in [5, 5.41) is 0. The summed E-state index contributed by atoms with van der Waals surface area (Å²) in [5.41, 5.74) is 7.84. The average molecular weight is 261 g/mol. The number of ether oxygens (including phenoxy) is 1. The van der Waals surface area contributed by atoms with E-state index in [0.29, 0.717) is 11.3 Å². The van der Waals surface area contributed by atoms with Crippen molar-refractivity contribution in [2.75, 3.05) is 0 Å². The average Bonchev–Trinajstić information content (AvgIpc) is 2.33. The van der Waals surface area contributed by atoms with Crippen molar-refractivity contribution in [3.63, 3.8) is 0 Å². The van der Waals surface area contributed by atoms with Crippen molar-refractivity contribution in [3.05, 3.63) is 29.8 Å². The Labute approximate surface area is 117 Å². The summed E-state index contributed by atoms with van der Waals surface area (Å²) in [7, 11) is 0. The van der Waals surface area contributed by atoms with Crippen molar-refractivity contribution >= 4 is 0 Å². The van der Waals surface area contributed by atoms with Crippen LogP contribution in [0.15, 0.2) is 24.3 Å². The van der Waals surface area contributed by atoms with Crippen molar-refractivity contribution in [1.82, 2.24) is 0 Å². The van der Waals surface area contributed by atoms with Gasteiger partial charge in [0.1, 0.15) is 11.9 Å². The van der Waals surface area contributed by atoms with Crippen LogP contribution in [0.5, 0.6) is 5.75 Å². The Hall–Kier alpha value is -1.02. The van der Waals surface area contributed by atoms with E-state index in [1.807, 2.05) is 12.1 Å². The molecule has 0 aromatic heterocycles. The van der Waals surface area contributed by atoms with Crippen molar-refractivity contribution in [2.24, 2.45) is 17.1 Å². The van der Waals surface area contributed by atoms with Gasteiger partial charge in [-0.1, -0.05) is 38.5 Å². The fraction of sp³-hybridized carbons (Fsp3) is 0.647. The molecule has 3 atom stereocenters. The van der Waals surface area contributed by atoms with E-state index < -0.39 is 0 Å². The van der Waals surface area contributed by atoms with Crippen LogP contribution in [0.3, 0.4) is 0 Å². The number of rotatable bonds is 2. The van der Waals surface area contributed by atoms with Crippen LogP contribution >= 0.6 is 0 Å². The first-order valence-corrected chi connectivity index (χ1v) is 7.35. The second kappa shape index (κ2) is 5.54.